The number of hydrogen-bond acceptors (Lipinski definition) is 5. The lowest BCUT2D eigenvalue weighted by Gasteiger charge is -2.12. The van der Waals surface area contributed by atoms with Gasteiger partial charge >= 0.3 is 0 Å². The van der Waals surface area contributed by atoms with Gasteiger partial charge in [0.05, 0.1) is 7.05 Å². The molecular formula is C18H18N6O2. The Morgan fingerprint density at radius 2 is 1.77 bits per heavy atom. The maximum Gasteiger partial charge on any atom is 0.255 e. The van der Waals surface area contributed by atoms with Crippen LogP contribution in [0.3, 0.4) is 0 Å². The monoisotopic (exact) mass is 350 g/mol. The van der Waals surface area contributed by atoms with Crippen LogP contribution in [0.25, 0.3) is 11.4 Å². The number of nitrogens with one attached hydrogen (secondary N) is 2. The van der Waals surface area contributed by atoms with Gasteiger partial charge in [-0.05, 0) is 42.0 Å². The molecule has 3 aromatic rings. The summed E-state index contributed by atoms with van der Waals surface area (Å²) >= 11 is 0. The van der Waals surface area contributed by atoms with Crippen LogP contribution in [0.2, 0.25) is 0 Å². The number of amides is 2. The second-order valence-corrected chi connectivity index (χ2v) is 5.69. The maximum atomic E-state index is 12.5. The highest BCUT2D eigenvalue weighted by Crippen LogP contribution is 2.20. The van der Waals surface area contributed by atoms with E-state index in [-0.39, 0.29) is 11.8 Å². The minimum Gasteiger partial charge on any atom is -0.355 e. The highest BCUT2D eigenvalue weighted by molar-refractivity contribution is 6.06. The van der Waals surface area contributed by atoms with Gasteiger partial charge in [0.15, 0.2) is 0 Å². The van der Waals surface area contributed by atoms with Crippen molar-refractivity contribution in [1.29, 1.82) is 0 Å². The number of aryl methyl sites for hydroxylation is 1. The molecule has 0 unspecified atom stereocenters. The van der Waals surface area contributed by atoms with Crippen LogP contribution in [-0.2, 0) is 7.05 Å². The molecule has 1 aromatic heterocycles. The summed E-state index contributed by atoms with van der Waals surface area (Å²) in [5, 5.41) is 17.3. The van der Waals surface area contributed by atoms with Gasteiger partial charge in [0.2, 0.25) is 5.82 Å². The largest absolute Gasteiger partial charge is 0.355 e. The molecular weight excluding hydrogens is 332 g/mol. The van der Waals surface area contributed by atoms with Crippen molar-refractivity contribution in [3.05, 3.63) is 59.2 Å². The van der Waals surface area contributed by atoms with E-state index >= 15 is 0 Å². The van der Waals surface area contributed by atoms with Crippen LogP contribution < -0.4 is 10.6 Å². The fourth-order valence-electron chi connectivity index (χ4n) is 2.52. The Morgan fingerprint density at radius 3 is 2.38 bits per heavy atom. The van der Waals surface area contributed by atoms with E-state index in [1.54, 1.807) is 63.5 Å². The fraction of sp³-hybridized carbons (Fsp3) is 0.167. The molecule has 8 heteroatoms. The highest BCUT2D eigenvalue weighted by atomic mass is 16.2. The fourth-order valence-corrected chi connectivity index (χ4v) is 2.52. The molecule has 0 fully saturated rings. The van der Waals surface area contributed by atoms with Gasteiger partial charge < -0.3 is 10.6 Å². The lowest BCUT2D eigenvalue weighted by Crippen LogP contribution is -2.20. The first-order valence-electron chi connectivity index (χ1n) is 7.97. The van der Waals surface area contributed by atoms with E-state index in [0.29, 0.717) is 28.2 Å². The minimum atomic E-state index is -0.263. The van der Waals surface area contributed by atoms with Crippen molar-refractivity contribution >= 4 is 17.5 Å². The molecule has 2 N–H and O–H groups in total. The van der Waals surface area contributed by atoms with Crippen LogP contribution >= 0.6 is 0 Å². The molecule has 8 nitrogen and oxygen atoms in total. The Morgan fingerprint density at radius 1 is 1.04 bits per heavy atom. The predicted octanol–water partition coefficient (Wildman–Crippen LogP) is 1.80. The summed E-state index contributed by atoms with van der Waals surface area (Å²) in [6.07, 6.45) is 0. The quantitative estimate of drug-likeness (QED) is 0.747. The molecule has 0 saturated carbocycles. The van der Waals surface area contributed by atoms with Crippen LogP contribution in [0.15, 0.2) is 42.5 Å². The van der Waals surface area contributed by atoms with Crippen molar-refractivity contribution in [2.24, 2.45) is 7.05 Å². The highest BCUT2D eigenvalue weighted by Gasteiger charge is 2.13. The van der Waals surface area contributed by atoms with E-state index in [0.717, 1.165) is 5.56 Å². The molecule has 0 aliphatic heterocycles. The van der Waals surface area contributed by atoms with Gasteiger partial charge in [0.25, 0.3) is 11.8 Å². The topological polar surface area (TPSA) is 102 Å². The minimum absolute atomic E-state index is 0.195. The van der Waals surface area contributed by atoms with Crippen molar-refractivity contribution < 1.29 is 9.59 Å². The van der Waals surface area contributed by atoms with E-state index < -0.39 is 0 Å². The van der Waals surface area contributed by atoms with Crippen LogP contribution in [0, 0.1) is 6.92 Å². The zero-order chi connectivity index (χ0) is 18.7. The number of hydrogen-bond donors (Lipinski definition) is 2. The summed E-state index contributed by atoms with van der Waals surface area (Å²) in [7, 11) is 3.26. The standard InChI is InChI=1S/C18H18N6O2/c1-11-14(18(26)19-2)5-4-6-15(11)20-17(25)13-9-7-12(8-10-13)16-21-23-24(3)22-16/h4-10H,1-3H3,(H,19,26)(H,20,25). The van der Waals surface area contributed by atoms with E-state index in [2.05, 4.69) is 26.0 Å². The van der Waals surface area contributed by atoms with Gasteiger partial charge in [-0.15, -0.1) is 10.2 Å². The third-order valence-corrected chi connectivity index (χ3v) is 3.97. The Hall–Kier alpha value is -3.55. The van der Waals surface area contributed by atoms with Gasteiger partial charge in [0, 0.05) is 29.4 Å². The van der Waals surface area contributed by atoms with Crippen molar-refractivity contribution in [2.75, 3.05) is 12.4 Å². The van der Waals surface area contributed by atoms with Gasteiger partial charge in [-0.1, -0.05) is 18.2 Å². The zero-order valence-electron chi connectivity index (χ0n) is 14.6. The Kier molecular flexibility index (Phi) is 4.74. The Labute approximate surface area is 150 Å². The predicted molar refractivity (Wildman–Crippen MR) is 96.8 cm³/mol. The van der Waals surface area contributed by atoms with E-state index in [1.165, 1.54) is 4.80 Å². The zero-order valence-corrected chi connectivity index (χ0v) is 14.6. The number of benzene rings is 2. The molecule has 0 bridgehead atoms. The summed E-state index contributed by atoms with van der Waals surface area (Å²) in [5.74, 6) is 0.0359. The van der Waals surface area contributed by atoms with Crippen molar-refractivity contribution in [1.82, 2.24) is 25.5 Å². The number of tetrazole rings is 1. The summed E-state index contributed by atoms with van der Waals surface area (Å²) in [6.45, 7) is 1.79. The number of anilines is 1. The summed E-state index contributed by atoms with van der Waals surface area (Å²) in [6, 6.07) is 12.1. The van der Waals surface area contributed by atoms with Crippen molar-refractivity contribution in [2.45, 2.75) is 6.92 Å². The van der Waals surface area contributed by atoms with Crippen LogP contribution in [0.5, 0.6) is 0 Å². The lowest BCUT2D eigenvalue weighted by molar-refractivity contribution is 0.0960. The van der Waals surface area contributed by atoms with E-state index in [9.17, 15) is 9.59 Å². The van der Waals surface area contributed by atoms with E-state index in [1.807, 2.05) is 0 Å². The maximum absolute atomic E-state index is 12.5. The van der Waals surface area contributed by atoms with Gasteiger partial charge in [-0.2, -0.15) is 4.80 Å². The smallest absolute Gasteiger partial charge is 0.255 e. The first-order valence-corrected chi connectivity index (χ1v) is 7.97. The lowest BCUT2D eigenvalue weighted by atomic mass is 10.1. The second-order valence-electron chi connectivity index (χ2n) is 5.69. The molecule has 2 aromatic carbocycles. The molecule has 0 radical (unpaired) electrons. The van der Waals surface area contributed by atoms with Crippen LogP contribution in [0.4, 0.5) is 5.69 Å². The van der Waals surface area contributed by atoms with Gasteiger partial charge in [-0.25, -0.2) is 0 Å². The number of rotatable bonds is 4. The molecule has 2 amide bonds. The van der Waals surface area contributed by atoms with Crippen molar-refractivity contribution in [3.63, 3.8) is 0 Å². The van der Waals surface area contributed by atoms with E-state index in [4.69, 9.17) is 0 Å². The Balaban J connectivity index is 1.79. The molecule has 0 saturated heterocycles. The van der Waals surface area contributed by atoms with Crippen molar-refractivity contribution in [3.8, 4) is 11.4 Å². The summed E-state index contributed by atoms with van der Waals surface area (Å²) < 4.78 is 0. The Bertz CT molecular complexity index is 962. The first kappa shape index (κ1) is 17.3. The number of nitrogens with zero attached hydrogens (tertiary/aromatic N) is 4. The molecule has 1 heterocycles. The summed E-state index contributed by atoms with van der Waals surface area (Å²) in [5.41, 5.74) is 3.08. The molecule has 0 aliphatic carbocycles. The molecule has 0 spiro atoms. The van der Waals surface area contributed by atoms with Crippen LogP contribution in [0.1, 0.15) is 26.3 Å². The number of carbonyl (C=O) groups is 2. The average molecular weight is 350 g/mol. The third kappa shape index (κ3) is 3.44. The number of aromatic nitrogens is 4. The summed E-state index contributed by atoms with van der Waals surface area (Å²) in [4.78, 5) is 25.8. The molecule has 0 atom stereocenters. The molecule has 26 heavy (non-hydrogen) atoms. The van der Waals surface area contributed by atoms with Gasteiger partial charge in [0.1, 0.15) is 0 Å². The SMILES string of the molecule is CNC(=O)c1cccc(NC(=O)c2ccc(-c3nnn(C)n3)cc2)c1C. The molecule has 0 aliphatic rings. The molecule has 132 valence electrons. The van der Waals surface area contributed by atoms with Crippen LogP contribution in [-0.4, -0.2) is 39.1 Å². The number of carbonyl (C=O) groups excluding carboxylic acids is 2. The third-order valence-electron chi connectivity index (χ3n) is 3.97. The molecule has 3 rings (SSSR count). The van der Waals surface area contributed by atoms with Gasteiger partial charge in [-0.3, -0.25) is 9.59 Å². The second kappa shape index (κ2) is 7.14. The normalized spacial score (nSPS) is 10.4. The first-order chi connectivity index (χ1) is 12.5. The average Bonchev–Trinajstić information content (AvgIpc) is 3.09.